The Morgan fingerprint density at radius 3 is 2.59 bits per heavy atom. The van der Waals surface area contributed by atoms with E-state index in [0.29, 0.717) is 36.7 Å². The van der Waals surface area contributed by atoms with Gasteiger partial charge in [0.1, 0.15) is 16.9 Å². The predicted octanol–water partition coefficient (Wildman–Crippen LogP) is 4.44. The van der Waals surface area contributed by atoms with Crippen LogP contribution in [-0.4, -0.2) is 44.6 Å². The number of hydrogen-bond acceptors (Lipinski definition) is 4. The molecule has 1 unspecified atom stereocenters. The SMILES string of the molecule is CC1(C(=O)NC2CCCCCC2)Cn2nc(-c3ccco3)cc2C(=O)N1CCc1ccccc1. The molecule has 1 aliphatic carbocycles. The first-order valence-corrected chi connectivity index (χ1v) is 12.3. The lowest BCUT2D eigenvalue weighted by Gasteiger charge is -2.44. The summed E-state index contributed by atoms with van der Waals surface area (Å²) in [5, 5.41) is 7.92. The number of rotatable bonds is 6. The molecule has 1 fully saturated rings. The molecule has 2 aromatic heterocycles. The number of nitrogens with one attached hydrogen (secondary N) is 1. The third-order valence-electron chi connectivity index (χ3n) is 7.22. The van der Waals surface area contributed by atoms with Crippen molar-refractivity contribution in [2.75, 3.05) is 6.54 Å². The number of furan rings is 1. The minimum Gasteiger partial charge on any atom is -0.463 e. The van der Waals surface area contributed by atoms with Crippen molar-refractivity contribution in [3.8, 4) is 11.5 Å². The minimum atomic E-state index is -1.03. The van der Waals surface area contributed by atoms with Crippen molar-refractivity contribution in [1.82, 2.24) is 20.0 Å². The van der Waals surface area contributed by atoms with Crippen LogP contribution in [-0.2, 0) is 17.8 Å². The van der Waals surface area contributed by atoms with Crippen LogP contribution in [0.15, 0.2) is 59.2 Å². The first kappa shape index (κ1) is 22.4. The predicted molar refractivity (Wildman–Crippen MR) is 129 cm³/mol. The molecule has 7 heteroatoms. The quantitative estimate of drug-likeness (QED) is 0.552. The van der Waals surface area contributed by atoms with E-state index in [4.69, 9.17) is 4.42 Å². The lowest BCUT2D eigenvalue weighted by molar-refractivity contribution is -0.133. The van der Waals surface area contributed by atoms with Crippen LogP contribution >= 0.6 is 0 Å². The molecular formula is C27H32N4O3. The molecule has 1 aromatic carbocycles. The monoisotopic (exact) mass is 460 g/mol. The minimum absolute atomic E-state index is 0.0958. The summed E-state index contributed by atoms with van der Waals surface area (Å²) in [6.45, 7) is 2.64. The average molecular weight is 461 g/mol. The van der Waals surface area contributed by atoms with E-state index in [1.807, 2.05) is 31.2 Å². The van der Waals surface area contributed by atoms with Crippen molar-refractivity contribution in [3.63, 3.8) is 0 Å². The Bertz CT molecular complexity index is 1130. The van der Waals surface area contributed by atoms with E-state index in [-0.39, 0.29) is 17.9 Å². The molecule has 1 saturated carbocycles. The zero-order valence-corrected chi connectivity index (χ0v) is 19.7. The molecule has 0 spiro atoms. The van der Waals surface area contributed by atoms with Gasteiger partial charge in [-0.1, -0.05) is 56.0 Å². The van der Waals surface area contributed by atoms with E-state index in [2.05, 4.69) is 22.5 Å². The highest BCUT2D eigenvalue weighted by molar-refractivity contribution is 6.00. The molecule has 7 nitrogen and oxygen atoms in total. The maximum Gasteiger partial charge on any atom is 0.273 e. The average Bonchev–Trinajstić information content (AvgIpc) is 3.45. The summed E-state index contributed by atoms with van der Waals surface area (Å²) in [4.78, 5) is 29.2. The summed E-state index contributed by atoms with van der Waals surface area (Å²) < 4.78 is 7.17. The number of fused-ring (bicyclic) bond motifs is 1. The van der Waals surface area contributed by atoms with Crippen molar-refractivity contribution in [2.45, 2.75) is 70.0 Å². The van der Waals surface area contributed by atoms with Crippen molar-refractivity contribution in [2.24, 2.45) is 0 Å². The number of nitrogens with zero attached hydrogens (tertiary/aromatic N) is 3. The topological polar surface area (TPSA) is 80.4 Å². The van der Waals surface area contributed by atoms with Crippen LogP contribution in [0.2, 0.25) is 0 Å². The van der Waals surface area contributed by atoms with Gasteiger partial charge in [-0.25, -0.2) is 0 Å². The summed E-state index contributed by atoms with van der Waals surface area (Å²) in [5.41, 5.74) is 1.19. The standard InChI is InChI=1S/C27H32N4O3/c1-27(26(33)28-21-12-7-2-3-8-13-21)19-31-23(18-22(29-31)24-14-9-17-34-24)25(32)30(27)16-15-20-10-5-4-6-11-20/h4-6,9-11,14,17-18,21H,2-3,7-8,12-13,15-16,19H2,1H3,(H,28,33). The third-order valence-corrected chi connectivity index (χ3v) is 7.22. The van der Waals surface area contributed by atoms with E-state index in [1.165, 1.54) is 12.8 Å². The summed E-state index contributed by atoms with van der Waals surface area (Å²) in [7, 11) is 0. The first-order valence-electron chi connectivity index (χ1n) is 12.3. The Labute approximate surface area is 200 Å². The molecule has 0 radical (unpaired) electrons. The van der Waals surface area contributed by atoms with Crippen molar-refractivity contribution in [3.05, 3.63) is 66.1 Å². The van der Waals surface area contributed by atoms with Gasteiger partial charge in [0.25, 0.3) is 5.91 Å². The zero-order chi connectivity index (χ0) is 23.5. The summed E-state index contributed by atoms with van der Waals surface area (Å²) in [5.74, 6) is 0.336. The van der Waals surface area contributed by atoms with Gasteiger partial charge in [-0.2, -0.15) is 5.10 Å². The van der Waals surface area contributed by atoms with E-state index in [0.717, 1.165) is 31.2 Å². The maximum absolute atomic E-state index is 13.7. The molecule has 3 heterocycles. The van der Waals surface area contributed by atoms with Crippen molar-refractivity contribution in [1.29, 1.82) is 0 Å². The Hall–Kier alpha value is -3.35. The van der Waals surface area contributed by atoms with Gasteiger partial charge < -0.3 is 14.6 Å². The molecular weight excluding hydrogens is 428 g/mol. The van der Waals surface area contributed by atoms with Crippen LogP contribution in [0.3, 0.4) is 0 Å². The number of carbonyl (C=O) groups is 2. The highest BCUT2D eigenvalue weighted by atomic mass is 16.3. The van der Waals surface area contributed by atoms with Crippen LogP contribution in [0.4, 0.5) is 0 Å². The number of aromatic nitrogens is 2. The molecule has 3 aromatic rings. The fraction of sp³-hybridized carbons (Fsp3) is 0.444. The molecule has 2 aliphatic rings. The van der Waals surface area contributed by atoms with E-state index >= 15 is 0 Å². The third kappa shape index (κ3) is 4.39. The van der Waals surface area contributed by atoms with Gasteiger partial charge in [-0.15, -0.1) is 0 Å². The molecule has 1 N–H and O–H groups in total. The highest BCUT2D eigenvalue weighted by Crippen LogP contribution is 2.31. The van der Waals surface area contributed by atoms with E-state index in [1.54, 1.807) is 28.0 Å². The second-order valence-corrected chi connectivity index (χ2v) is 9.68. The summed E-state index contributed by atoms with van der Waals surface area (Å²) in [6.07, 6.45) is 8.96. The molecule has 5 rings (SSSR count). The van der Waals surface area contributed by atoms with Crippen LogP contribution < -0.4 is 5.32 Å². The Morgan fingerprint density at radius 1 is 1.12 bits per heavy atom. The molecule has 34 heavy (non-hydrogen) atoms. The Kier molecular flexibility index (Phi) is 6.26. The van der Waals surface area contributed by atoms with Crippen LogP contribution in [0.1, 0.15) is 61.5 Å². The van der Waals surface area contributed by atoms with Crippen LogP contribution in [0.5, 0.6) is 0 Å². The number of amides is 2. The molecule has 1 aliphatic heterocycles. The fourth-order valence-electron chi connectivity index (χ4n) is 5.19. The molecule has 2 amide bonds. The highest BCUT2D eigenvalue weighted by Gasteiger charge is 2.48. The Balaban J connectivity index is 1.45. The molecule has 0 bridgehead atoms. The number of hydrogen-bond donors (Lipinski definition) is 1. The number of carbonyl (C=O) groups excluding carboxylic acids is 2. The second kappa shape index (κ2) is 9.49. The van der Waals surface area contributed by atoms with Crippen LogP contribution in [0, 0.1) is 0 Å². The van der Waals surface area contributed by atoms with Gasteiger partial charge >= 0.3 is 0 Å². The largest absolute Gasteiger partial charge is 0.463 e. The van der Waals surface area contributed by atoms with Crippen molar-refractivity contribution >= 4 is 11.8 Å². The molecule has 178 valence electrons. The lowest BCUT2D eigenvalue weighted by atomic mass is 9.93. The van der Waals surface area contributed by atoms with Gasteiger partial charge in [-0.3, -0.25) is 14.3 Å². The normalized spacial score (nSPS) is 21.2. The summed E-state index contributed by atoms with van der Waals surface area (Å²) >= 11 is 0. The van der Waals surface area contributed by atoms with Crippen molar-refractivity contribution < 1.29 is 14.0 Å². The lowest BCUT2D eigenvalue weighted by Crippen LogP contribution is -2.65. The second-order valence-electron chi connectivity index (χ2n) is 9.68. The van der Waals surface area contributed by atoms with Crippen LogP contribution in [0.25, 0.3) is 11.5 Å². The smallest absolute Gasteiger partial charge is 0.273 e. The summed E-state index contributed by atoms with van der Waals surface area (Å²) in [6, 6.07) is 15.6. The molecule has 1 atom stereocenters. The zero-order valence-electron chi connectivity index (χ0n) is 19.7. The van der Waals surface area contributed by atoms with E-state index < -0.39 is 5.54 Å². The first-order chi connectivity index (χ1) is 16.5. The maximum atomic E-state index is 13.7. The van der Waals surface area contributed by atoms with Gasteiger partial charge in [0, 0.05) is 18.7 Å². The van der Waals surface area contributed by atoms with Gasteiger partial charge in [0.05, 0.1) is 12.8 Å². The number of benzene rings is 1. The van der Waals surface area contributed by atoms with Gasteiger partial charge in [0.15, 0.2) is 5.76 Å². The van der Waals surface area contributed by atoms with Gasteiger partial charge in [0.2, 0.25) is 5.91 Å². The van der Waals surface area contributed by atoms with E-state index in [9.17, 15) is 9.59 Å². The molecule has 0 saturated heterocycles. The fourth-order valence-corrected chi connectivity index (χ4v) is 5.19. The Morgan fingerprint density at radius 2 is 1.88 bits per heavy atom. The van der Waals surface area contributed by atoms with Gasteiger partial charge in [-0.05, 0) is 43.9 Å².